The molecule has 0 unspecified atom stereocenters. The van der Waals surface area contributed by atoms with Crippen LogP contribution in [0.3, 0.4) is 0 Å². The van der Waals surface area contributed by atoms with Crippen LogP contribution in [0.25, 0.3) is 17.0 Å². The van der Waals surface area contributed by atoms with E-state index in [0.717, 1.165) is 54.0 Å². The van der Waals surface area contributed by atoms with Gasteiger partial charge >= 0.3 is 0 Å². The molecule has 4 aromatic rings. The zero-order chi connectivity index (χ0) is 27.6. The molecule has 5 rings (SSSR count). The molecule has 0 saturated carbocycles. The Morgan fingerprint density at radius 3 is 2.54 bits per heavy atom. The fourth-order valence-corrected chi connectivity index (χ4v) is 6.40. The van der Waals surface area contributed by atoms with E-state index in [9.17, 15) is 13.2 Å². The maximum atomic E-state index is 12.6. The van der Waals surface area contributed by atoms with Crippen LogP contribution in [0.2, 0.25) is 0 Å². The highest BCUT2D eigenvalue weighted by atomic mass is 32.2. The van der Waals surface area contributed by atoms with E-state index >= 15 is 0 Å². The lowest BCUT2D eigenvalue weighted by molar-refractivity contribution is 0.519. The molecule has 0 spiro atoms. The number of hydrogen-bond acceptors (Lipinski definition) is 6. The van der Waals surface area contributed by atoms with E-state index < -0.39 is 10.0 Å². The predicted molar refractivity (Wildman–Crippen MR) is 155 cm³/mol. The van der Waals surface area contributed by atoms with E-state index in [1.54, 1.807) is 35.2 Å². The Kier molecular flexibility index (Phi) is 7.61. The fourth-order valence-electron chi connectivity index (χ4n) is 4.95. The molecule has 0 radical (unpaired) electrons. The smallest absolute Gasteiger partial charge is 0.255 e. The van der Waals surface area contributed by atoms with Gasteiger partial charge in [0.25, 0.3) is 5.56 Å². The Balaban J connectivity index is 1.44. The van der Waals surface area contributed by atoms with Crippen molar-refractivity contribution in [2.45, 2.75) is 40.0 Å². The maximum Gasteiger partial charge on any atom is 0.255 e. The van der Waals surface area contributed by atoms with Crippen molar-refractivity contribution in [3.63, 3.8) is 0 Å². The lowest BCUT2D eigenvalue weighted by atomic mass is 10.1. The van der Waals surface area contributed by atoms with Crippen LogP contribution >= 0.6 is 0 Å². The molecule has 0 bridgehead atoms. The summed E-state index contributed by atoms with van der Waals surface area (Å²) in [5, 5.41) is 0. The van der Waals surface area contributed by atoms with Gasteiger partial charge in [-0.1, -0.05) is 26.0 Å². The monoisotopic (exact) mass is 546 g/mol. The van der Waals surface area contributed by atoms with Gasteiger partial charge in [0, 0.05) is 48.7 Å². The van der Waals surface area contributed by atoms with Crippen LogP contribution in [0.1, 0.15) is 43.7 Å². The first-order chi connectivity index (χ1) is 18.7. The summed E-state index contributed by atoms with van der Waals surface area (Å²) in [5.41, 5.74) is 5.04. The van der Waals surface area contributed by atoms with Gasteiger partial charge in [0.1, 0.15) is 0 Å². The normalized spacial score (nSPS) is 13.8. The van der Waals surface area contributed by atoms with Gasteiger partial charge in [0.15, 0.2) is 11.7 Å². The van der Waals surface area contributed by atoms with Crippen molar-refractivity contribution in [3.05, 3.63) is 94.4 Å². The van der Waals surface area contributed by atoms with Crippen LogP contribution in [0.4, 0.5) is 11.4 Å². The Morgan fingerprint density at radius 1 is 1.03 bits per heavy atom. The summed E-state index contributed by atoms with van der Waals surface area (Å²) in [6.45, 7) is 7.69. The van der Waals surface area contributed by atoms with Crippen molar-refractivity contribution >= 4 is 21.4 Å². The van der Waals surface area contributed by atoms with Gasteiger partial charge in [0.2, 0.25) is 10.0 Å². The summed E-state index contributed by atoms with van der Waals surface area (Å²) < 4.78 is 35.4. The molecular formula is C30H34N4O4S. The Hall–Kier alpha value is -3.85. The summed E-state index contributed by atoms with van der Waals surface area (Å²) in [6, 6.07) is 16.7. The van der Waals surface area contributed by atoms with Gasteiger partial charge < -0.3 is 9.32 Å². The van der Waals surface area contributed by atoms with Crippen molar-refractivity contribution < 1.29 is 12.8 Å². The number of pyridine rings is 1. The largest absolute Gasteiger partial charge is 0.440 e. The summed E-state index contributed by atoms with van der Waals surface area (Å²) in [4.78, 5) is 19.4. The first-order valence-electron chi connectivity index (χ1n) is 13.3. The quantitative estimate of drug-likeness (QED) is 0.302. The minimum absolute atomic E-state index is 0.0307. The van der Waals surface area contributed by atoms with E-state index in [1.807, 2.05) is 51.1 Å². The summed E-state index contributed by atoms with van der Waals surface area (Å²) in [7, 11) is -3.43. The third-order valence-electron chi connectivity index (χ3n) is 6.83. The molecule has 3 heterocycles. The molecule has 0 amide bonds. The topological polar surface area (TPSA) is 97.4 Å². The Labute approximate surface area is 229 Å². The second-order valence-corrected chi connectivity index (χ2v) is 12.3. The number of rotatable bonds is 9. The zero-order valence-corrected chi connectivity index (χ0v) is 23.4. The summed E-state index contributed by atoms with van der Waals surface area (Å²) in [6.07, 6.45) is 6.18. The average molecular weight is 547 g/mol. The number of nitrogens with zero attached hydrogens (tertiary/aromatic N) is 3. The standard InChI is InChI=1S/C30H34N4O4S/c1-21(2)20-39(36,37)32-25-10-9-22(3)23(14-25)17-29-31-19-28(38-29)24-15-26(33-11-6-7-12-33)18-27(16-24)34-13-5-4-8-30(34)35/h4-5,8-10,13-16,18-19,21,32H,6-7,11-12,17,20H2,1-3H3. The highest BCUT2D eigenvalue weighted by Crippen LogP contribution is 2.31. The maximum absolute atomic E-state index is 12.6. The average Bonchev–Trinajstić information content (AvgIpc) is 3.58. The van der Waals surface area contributed by atoms with Crippen molar-refractivity contribution in [3.8, 4) is 17.0 Å². The van der Waals surface area contributed by atoms with Crippen molar-refractivity contribution in [1.82, 2.24) is 9.55 Å². The number of aromatic nitrogens is 2. The van der Waals surface area contributed by atoms with Gasteiger partial charge in [-0.2, -0.15) is 0 Å². The zero-order valence-electron chi connectivity index (χ0n) is 22.6. The first kappa shape index (κ1) is 26.7. The number of sulfonamides is 1. The second-order valence-electron chi connectivity index (χ2n) is 10.6. The van der Waals surface area contributed by atoms with Crippen molar-refractivity contribution in [2.75, 3.05) is 28.5 Å². The molecule has 204 valence electrons. The second kappa shape index (κ2) is 11.1. The molecule has 8 nitrogen and oxygen atoms in total. The van der Waals surface area contributed by atoms with E-state index in [1.165, 1.54) is 0 Å². The van der Waals surface area contributed by atoms with Gasteiger partial charge in [-0.3, -0.25) is 14.1 Å². The lowest BCUT2D eigenvalue weighted by Crippen LogP contribution is -2.20. The van der Waals surface area contributed by atoms with E-state index in [-0.39, 0.29) is 17.2 Å². The summed E-state index contributed by atoms with van der Waals surface area (Å²) in [5.74, 6) is 1.23. The van der Waals surface area contributed by atoms with E-state index in [4.69, 9.17) is 4.42 Å². The molecule has 1 saturated heterocycles. The minimum atomic E-state index is -3.43. The molecule has 2 aromatic heterocycles. The molecule has 1 aliphatic heterocycles. The highest BCUT2D eigenvalue weighted by molar-refractivity contribution is 7.92. The third kappa shape index (κ3) is 6.42. The van der Waals surface area contributed by atoms with E-state index in [2.05, 4.69) is 20.7 Å². The highest BCUT2D eigenvalue weighted by Gasteiger charge is 2.18. The molecular weight excluding hydrogens is 512 g/mol. The molecule has 1 N–H and O–H groups in total. The van der Waals surface area contributed by atoms with Gasteiger partial charge in [-0.05, 0) is 73.2 Å². The minimum Gasteiger partial charge on any atom is -0.440 e. The molecule has 0 atom stereocenters. The molecule has 0 aliphatic carbocycles. The van der Waals surface area contributed by atoms with Crippen LogP contribution in [0.15, 0.2) is 76.2 Å². The van der Waals surface area contributed by atoms with Crippen LogP contribution in [0.5, 0.6) is 0 Å². The van der Waals surface area contributed by atoms with Crippen LogP contribution in [-0.2, 0) is 16.4 Å². The number of nitrogens with one attached hydrogen (secondary N) is 1. The fraction of sp³-hybridized carbons (Fsp3) is 0.333. The molecule has 1 aliphatic rings. The molecule has 9 heteroatoms. The van der Waals surface area contributed by atoms with E-state index in [0.29, 0.717) is 23.8 Å². The number of benzene rings is 2. The molecule has 2 aromatic carbocycles. The lowest BCUT2D eigenvalue weighted by Gasteiger charge is -2.20. The number of aryl methyl sites for hydroxylation is 1. The SMILES string of the molecule is Cc1ccc(NS(=O)(=O)CC(C)C)cc1Cc1ncc(-c2cc(N3CCCC3)cc(-n3ccccc3=O)c2)o1. The number of hydrogen-bond donors (Lipinski definition) is 1. The van der Waals surface area contributed by atoms with Gasteiger partial charge in [0.05, 0.1) is 17.6 Å². The molecule has 39 heavy (non-hydrogen) atoms. The predicted octanol–water partition coefficient (Wildman–Crippen LogP) is 5.39. The third-order valence-corrected chi connectivity index (χ3v) is 8.48. The number of oxazole rings is 1. The van der Waals surface area contributed by atoms with Gasteiger partial charge in [-0.25, -0.2) is 13.4 Å². The molecule has 1 fully saturated rings. The Bertz CT molecular complexity index is 1630. The van der Waals surface area contributed by atoms with Crippen molar-refractivity contribution in [2.24, 2.45) is 5.92 Å². The van der Waals surface area contributed by atoms with Gasteiger partial charge in [-0.15, -0.1) is 0 Å². The van der Waals surface area contributed by atoms with Crippen LogP contribution in [0, 0.1) is 12.8 Å². The number of anilines is 2. The van der Waals surface area contributed by atoms with Crippen LogP contribution in [-0.4, -0.2) is 36.8 Å². The Morgan fingerprint density at radius 2 is 1.79 bits per heavy atom. The van der Waals surface area contributed by atoms with Crippen molar-refractivity contribution in [1.29, 1.82) is 0 Å². The first-order valence-corrected chi connectivity index (χ1v) is 15.0. The summed E-state index contributed by atoms with van der Waals surface area (Å²) >= 11 is 0. The van der Waals surface area contributed by atoms with Crippen LogP contribution < -0.4 is 15.2 Å².